The van der Waals surface area contributed by atoms with E-state index in [0.29, 0.717) is 18.8 Å². The first-order valence-corrected chi connectivity index (χ1v) is 7.99. The van der Waals surface area contributed by atoms with Crippen LogP contribution in [-0.4, -0.2) is 30.5 Å². The topological polar surface area (TPSA) is 77.6 Å². The van der Waals surface area contributed by atoms with Gasteiger partial charge in [-0.05, 0) is 18.6 Å². The molecule has 0 aliphatic rings. The van der Waals surface area contributed by atoms with Gasteiger partial charge in [0.2, 0.25) is 5.91 Å². The fourth-order valence-electron chi connectivity index (χ4n) is 2.31. The van der Waals surface area contributed by atoms with Crippen molar-refractivity contribution in [2.45, 2.75) is 20.0 Å². The van der Waals surface area contributed by atoms with Crippen LogP contribution in [0.5, 0.6) is 0 Å². The largest absolute Gasteiger partial charge is 0.347 e. The molecule has 0 aliphatic carbocycles. The van der Waals surface area contributed by atoms with Crippen molar-refractivity contribution in [1.82, 2.24) is 29.9 Å². The van der Waals surface area contributed by atoms with Crippen LogP contribution in [0.15, 0.2) is 48.8 Å². The van der Waals surface area contributed by atoms with Gasteiger partial charge >= 0.3 is 0 Å². The van der Waals surface area contributed by atoms with Crippen LogP contribution in [0.4, 0.5) is 0 Å². The van der Waals surface area contributed by atoms with Gasteiger partial charge in [0.15, 0.2) is 0 Å². The predicted octanol–water partition coefficient (Wildman–Crippen LogP) is 1.70. The van der Waals surface area contributed by atoms with E-state index >= 15 is 0 Å². The highest BCUT2D eigenvalue weighted by molar-refractivity contribution is 5.91. The molecule has 3 aromatic rings. The summed E-state index contributed by atoms with van der Waals surface area (Å²) < 4.78 is 3.72. The number of nitrogens with one attached hydrogen (secondary N) is 1. The van der Waals surface area contributed by atoms with E-state index in [1.54, 1.807) is 10.8 Å². The number of amides is 1. The van der Waals surface area contributed by atoms with Crippen molar-refractivity contribution in [2.75, 3.05) is 0 Å². The van der Waals surface area contributed by atoms with Gasteiger partial charge in [-0.3, -0.25) is 4.79 Å². The SMILES string of the molecule is Cc1cnc(Cn2cc(CNC(=O)/C=C/c3ccccc3)nn2)n1C. The summed E-state index contributed by atoms with van der Waals surface area (Å²) in [4.78, 5) is 16.2. The van der Waals surface area contributed by atoms with Crippen LogP contribution in [0.3, 0.4) is 0 Å². The van der Waals surface area contributed by atoms with Gasteiger partial charge in [-0.25, -0.2) is 9.67 Å². The van der Waals surface area contributed by atoms with Crippen molar-refractivity contribution in [3.63, 3.8) is 0 Å². The molecular formula is C18H20N6O. The Bertz CT molecular complexity index is 878. The molecule has 7 nitrogen and oxygen atoms in total. The minimum Gasteiger partial charge on any atom is -0.347 e. The molecule has 0 fully saturated rings. The van der Waals surface area contributed by atoms with E-state index in [-0.39, 0.29) is 5.91 Å². The lowest BCUT2D eigenvalue weighted by Gasteiger charge is -2.02. The van der Waals surface area contributed by atoms with Gasteiger partial charge in [0.05, 0.1) is 12.7 Å². The Morgan fingerprint density at radius 2 is 2.08 bits per heavy atom. The van der Waals surface area contributed by atoms with E-state index in [1.807, 2.05) is 61.3 Å². The van der Waals surface area contributed by atoms with Gasteiger partial charge in [-0.2, -0.15) is 0 Å². The summed E-state index contributed by atoms with van der Waals surface area (Å²) in [6, 6.07) is 9.67. The van der Waals surface area contributed by atoms with E-state index < -0.39 is 0 Å². The van der Waals surface area contributed by atoms with Crippen molar-refractivity contribution in [1.29, 1.82) is 0 Å². The van der Waals surface area contributed by atoms with Crippen molar-refractivity contribution in [2.24, 2.45) is 7.05 Å². The minimum absolute atomic E-state index is 0.168. The second-order valence-corrected chi connectivity index (χ2v) is 5.74. The Kier molecular flexibility index (Phi) is 5.03. The number of carbonyl (C=O) groups is 1. The Labute approximate surface area is 146 Å². The molecule has 3 rings (SSSR count). The molecule has 7 heteroatoms. The molecule has 1 aromatic carbocycles. The third kappa shape index (κ3) is 4.41. The molecule has 25 heavy (non-hydrogen) atoms. The smallest absolute Gasteiger partial charge is 0.244 e. The lowest BCUT2D eigenvalue weighted by Crippen LogP contribution is -2.20. The zero-order valence-corrected chi connectivity index (χ0v) is 14.3. The van der Waals surface area contributed by atoms with Gasteiger partial charge in [-0.15, -0.1) is 5.10 Å². The lowest BCUT2D eigenvalue weighted by atomic mass is 10.2. The van der Waals surface area contributed by atoms with Crippen LogP contribution in [0.2, 0.25) is 0 Å². The molecule has 0 radical (unpaired) electrons. The number of hydrogen-bond acceptors (Lipinski definition) is 4. The number of hydrogen-bond donors (Lipinski definition) is 1. The number of aryl methyl sites for hydroxylation is 1. The van der Waals surface area contributed by atoms with E-state index in [1.165, 1.54) is 6.08 Å². The highest BCUT2D eigenvalue weighted by atomic mass is 16.1. The van der Waals surface area contributed by atoms with E-state index in [0.717, 1.165) is 17.1 Å². The van der Waals surface area contributed by atoms with Crippen LogP contribution in [0, 0.1) is 6.92 Å². The molecule has 0 saturated heterocycles. The molecule has 0 saturated carbocycles. The molecular weight excluding hydrogens is 316 g/mol. The van der Waals surface area contributed by atoms with Crippen LogP contribution in [-0.2, 0) is 24.9 Å². The molecule has 128 valence electrons. The molecule has 1 N–H and O–H groups in total. The number of imidazole rings is 1. The predicted molar refractivity (Wildman–Crippen MR) is 94.4 cm³/mol. The molecule has 2 heterocycles. The lowest BCUT2D eigenvalue weighted by molar-refractivity contribution is -0.116. The van der Waals surface area contributed by atoms with Crippen LogP contribution in [0.1, 0.15) is 22.8 Å². The first-order valence-electron chi connectivity index (χ1n) is 7.99. The monoisotopic (exact) mass is 336 g/mol. The fourth-order valence-corrected chi connectivity index (χ4v) is 2.31. The molecule has 0 atom stereocenters. The Morgan fingerprint density at radius 3 is 2.80 bits per heavy atom. The number of rotatable bonds is 6. The maximum Gasteiger partial charge on any atom is 0.244 e. The quantitative estimate of drug-likeness (QED) is 0.695. The van der Waals surface area contributed by atoms with Crippen LogP contribution in [0.25, 0.3) is 6.08 Å². The van der Waals surface area contributed by atoms with Crippen molar-refractivity contribution < 1.29 is 4.79 Å². The molecule has 2 aromatic heterocycles. The van der Waals surface area contributed by atoms with Crippen molar-refractivity contribution in [3.05, 3.63) is 71.6 Å². The standard InChI is InChI=1S/C18H20N6O/c1-14-10-19-17(23(14)2)13-24-12-16(21-22-24)11-20-18(25)9-8-15-6-4-3-5-7-15/h3-10,12H,11,13H2,1-2H3,(H,20,25)/b9-8+. The summed E-state index contributed by atoms with van der Waals surface area (Å²) in [6.45, 7) is 2.87. The highest BCUT2D eigenvalue weighted by Gasteiger charge is 2.07. The second kappa shape index (κ2) is 7.57. The third-order valence-corrected chi connectivity index (χ3v) is 3.88. The average Bonchev–Trinajstić information content (AvgIpc) is 3.21. The summed E-state index contributed by atoms with van der Waals surface area (Å²) in [5.41, 5.74) is 2.77. The van der Waals surface area contributed by atoms with Gasteiger partial charge < -0.3 is 9.88 Å². The molecule has 0 bridgehead atoms. The minimum atomic E-state index is -0.168. The number of benzene rings is 1. The normalized spacial score (nSPS) is 11.1. The highest BCUT2D eigenvalue weighted by Crippen LogP contribution is 2.04. The Hall–Kier alpha value is -3.22. The van der Waals surface area contributed by atoms with E-state index in [2.05, 4.69) is 20.6 Å². The number of nitrogens with zero attached hydrogens (tertiary/aromatic N) is 5. The van der Waals surface area contributed by atoms with Gasteiger partial charge in [0, 0.05) is 25.0 Å². The van der Waals surface area contributed by atoms with E-state index in [4.69, 9.17) is 0 Å². The summed E-state index contributed by atoms with van der Waals surface area (Å²) in [5.74, 6) is 0.738. The fraction of sp³-hybridized carbons (Fsp3) is 0.222. The summed E-state index contributed by atoms with van der Waals surface area (Å²) in [6.07, 6.45) is 6.92. The average molecular weight is 336 g/mol. The van der Waals surface area contributed by atoms with E-state index in [9.17, 15) is 4.79 Å². The van der Waals surface area contributed by atoms with Gasteiger partial charge in [0.1, 0.15) is 18.1 Å². The van der Waals surface area contributed by atoms with Crippen molar-refractivity contribution >= 4 is 12.0 Å². The van der Waals surface area contributed by atoms with Gasteiger partial charge in [-0.1, -0.05) is 35.5 Å². The Morgan fingerprint density at radius 1 is 1.28 bits per heavy atom. The summed E-state index contributed by atoms with van der Waals surface area (Å²) >= 11 is 0. The number of carbonyl (C=O) groups excluding carboxylic acids is 1. The number of aromatic nitrogens is 5. The first kappa shape index (κ1) is 16.6. The molecule has 0 unspecified atom stereocenters. The molecule has 1 amide bonds. The van der Waals surface area contributed by atoms with Gasteiger partial charge in [0.25, 0.3) is 0 Å². The molecule has 0 spiro atoms. The summed E-state index contributed by atoms with van der Waals surface area (Å²) in [7, 11) is 1.97. The Balaban J connectivity index is 1.52. The molecule has 0 aliphatic heterocycles. The van der Waals surface area contributed by atoms with Crippen LogP contribution >= 0.6 is 0 Å². The zero-order chi connectivity index (χ0) is 17.6. The third-order valence-electron chi connectivity index (χ3n) is 3.88. The van der Waals surface area contributed by atoms with Crippen molar-refractivity contribution in [3.8, 4) is 0 Å². The zero-order valence-electron chi connectivity index (χ0n) is 14.3. The maximum absolute atomic E-state index is 11.9. The maximum atomic E-state index is 11.9. The second-order valence-electron chi connectivity index (χ2n) is 5.74. The van der Waals surface area contributed by atoms with Crippen LogP contribution < -0.4 is 5.32 Å². The summed E-state index contributed by atoms with van der Waals surface area (Å²) in [5, 5.41) is 11.0. The first-order chi connectivity index (χ1) is 12.1.